The lowest BCUT2D eigenvalue weighted by molar-refractivity contribution is -0.136. The van der Waals surface area contributed by atoms with Crippen LogP contribution in [-0.2, 0) is 20.7 Å². The van der Waals surface area contributed by atoms with Gasteiger partial charge in [0.25, 0.3) is 5.91 Å². The maximum Gasteiger partial charge on any atom is 0.340 e. The van der Waals surface area contributed by atoms with Crippen molar-refractivity contribution in [1.82, 2.24) is 9.47 Å². The Balaban J connectivity index is 1.74. The number of methoxy groups -OCH3 is 1. The summed E-state index contributed by atoms with van der Waals surface area (Å²) in [6.45, 7) is 8.47. The van der Waals surface area contributed by atoms with Crippen molar-refractivity contribution in [3.05, 3.63) is 106 Å². The first-order chi connectivity index (χ1) is 16.3. The summed E-state index contributed by atoms with van der Waals surface area (Å²) in [4.78, 5) is 27.9. The number of aryl methyl sites for hydroxylation is 2. The van der Waals surface area contributed by atoms with Crippen LogP contribution in [0.5, 0.6) is 0 Å². The molecule has 0 fully saturated rings. The molecule has 1 amide bonds. The van der Waals surface area contributed by atoms with Crippen LogP contribution in [0.4, 0.5) is 0 Å². The van der Waals surface area contributed by atoms with E-state index in [0.29, 0.717) is 29.8 Å². The summed E-state index contributed by atoms with van der Waals surface area (Å²) in [7, 11) is 1.35. The van der Waals surface area contributed by atoms with Crippen molar-refractivity contribution in [3.63, 3.8) is 0 Å². The normalized spacial score (nSPS) is 14.9. The zero-order valence-corrected chi connectivity index (χ0v) is 20.4. The Bertz CT molecular complexity index is 1310. The van der Waals surface area contributed by atoms with Gasteiger partial charge in [0, 0.05) is 29.3 Å². The van der Waals surface area contributed by atoms with Crippen molar-refractivity contribution >= 4 is 18.0 Å². The number of carbonyl (C=O) groups is 2. The minimum atomic E-state index is -0.493. The van der Waals surface area contributed by atoms with Gasteiger partial charge in [-0.1, -0.05) is 48.5 Å². The molecule has 5 nitrogen and oxygen atoms in total. The fourth-order valence-electron chi connectivity index (χ4n) is 4.66. The molecule has 0 aliphatic carbocycles. The molecule has 0 saturated carbocycles. The summed E-state index contributed by atoms with van der Waals surface area (Å²) < 4.78 is 7.24. The number of hydrogen-bond donors (Lipinski definition) is 0. The first-order valence-corrected chi connectivity index (χ1v) is 11.5. The van der Waals surface area contributed by atoms with Gasteiger partial charge in [-0.2, -0.15) is 0 Å². The summed E-state index contributed by atoms with van der Waals surface area (Å²) in [6, 6.07) is 20.3. The number of ether oxygens (including phenoxy) is 1. The molecule has 3 aromatic rings. The van der Waals surface area contributed by atoms with Gasteiger partial charge in [-0.25, -0.2) is 4.79 Å². The monoisotopic (exact) mass is 454 g/mol. The van der Waals surface area contributed by atoms with Crippen LogP contribution in [-0.4, -0.2) is 35.0 Å². The van der Waals surface area contributed by atoms with Gasteiger partial charge in [-0.05, 0) is 69.0 Å². The maximum atomic E-state index is 13.5. The van der Waals surface area contributed by atoms with Gasteiger partial charge in [0.05, 0.1) is 18.3 Å². The van der Waals surface area contributed by atoms with E-state index < -0.39 is 5.97 Å². The summed E-state index contributed by atoms with van der Waals surface area (Å²) in [6.07, 6.45) is 2.53. The van der Waals surface area contributed by atoms with E-state index in [1.807, 2.05) is 69.3 Å². The van der Waals surface area contributed by atoms with E-state index in [1.165, 1.54) is 12.7 Å². The molecule has 1 aliphatic rings. The zero-order valence-electron chi connectivity index (χ0n) is 20.4. The van der Waals surface area contributed by atoms with Gasteiger partial charge < -0.3 is 14.2 Å². The van der Waals surface area contributed by atoms with Crippen molar-refractivity contribution in [3.8, 4) is 5.69 Å². The van der Waals surface area contributed by atoms with Crippen LogP contribution < -0.4 is 0 Å². The first kappa shape index (κ1) is 23.3. The number of amides is 1. The second-order valence-corrected chi connectivity index (χ2v) is 8.65. The van der Waals surface area contributed by atoms with Crippen LogP contribution in [0.2, 0.25) is 0 Å². The molecular formula is C29H30N2O3. The molecule has 0 unspecified atom stereocenters. The third kappa shape index (κ3) is 4.21. The Hall–Kier alpha value is -3.86. The third-order valence-corrected chi connectivity index (χ3v) is 6.49. The predicted octanol–water partition coefficient (Wildman–Crippen LogP) is 5.32. The van der Waals surface area contributed by atoms with Gasteiger partial charge in [0.15, 0.2) is 0 Å². The number of allylic oxidation sites excluding steroid dienone is 1. The number of benzene rings is 2. The Morgan fingerprint density at radius 2 is 1.65 bits per heavy atom. The topological polar surface area (TPSA) is 51.5 Å². The number of para-hydroxylation sites is 1. The molecule has 174 valence electrons. The summed E-state index contributed by atoms with van der Waals surface area (Å²) in [5, 5.41) is 0. The standard InChI is InChI=1S/C29H30N2O3/c1-19-11-9-10-14-26(19)31-20(2)17-24(21(31)3)18-25-27(29(33)34-5)22(4)30(28(25)32)16-15-23-12-7-6-8-13-23/h6-14,17-18H,15-16H2,1-5H3/b25-18-. The molecule has 34 heavy (non-hydrogen) atoms. The van der Waals surface area contributed by atoms with E-state index >= 15 is 0 Å². The van der Waals surface area contributed by atoms with Gasteiger partial charge in [0.2, 0.25) is 0 Å². The highest BCUT2D eigenvalue weighted by Gasteiger charge is 2.37. The molecule has 0 spiro atoms. The number of nitrogens with zero attached hydrogens (tertiary/aromatic N) is 2. The second-order valence-electron chi connectivity index (χ2n) is 8.65. The van der Waals surface area contributed by atoms with Crippen LogP contribution >= 0.6 is 0 Å². The lowest BCUT2D eigenvalue weighted by Gasteiger charge is -2.17. The van der Waals surface area contributed by atoms with Gasteiger partial charge in [-0.3, -0.25) is 4.79 Å². The van der Waals surface area contributed by atoms with E-state index in [-0.39, 0.29) is 5.91 Å². The van der Waals surface area contributed by atoms with Crippen molar-refractivity contribution in [1.29, 1.82) is 0 Å². The molecule has 0 radical (unpaired) electrons. The smallest absolute Gasteiger partial charge is 0.340 e. The van der Waals surface area contributed by atoms with Crippen LogP contribution in [0, 0.1) is 20.8 Å². The largest absolute Gasteiger partial charge is 0.465 e. The molecule has 2 aromatic carbocycles. The van der Waals surface area contributed by atoms with E-state index in [4.69, 9.17) is 4.74 Å². The van der Waals surface area contributed by atoms with Crippen molar-refractivity contribution < 1.29 is 14.3 Å². The SMILES string of the molecule is COC(=O)C1=C(C)N(CCc2ccccc2)C(=O)/C1=C\c1cc(C)n(-c2ccccc2C)c1C. The second kappa shape index (κ2) is 9.56. The molecule has 2 heterocycles. The Kier molecular flexibility index (Phi) is 6.55. The number of rotatable bonds is 6. The molecule has 4 rings (SSSR count). The lowest BCUT2D eigenvalue weighted by atomic mass is 10.0. The highest BCUT2D eigenvalue weighted by atomic mass is 16.5. The molecule has 1 aromatic heterocycles. The van der Waals surface area contributed by atoms with Gasteiger partial charge in [-0.15, -0.1) is 0 Å². The Morgan fingerprint density at radius 1 is 0.971 bits per heavy atom. The van der Waals surface area contributed by atoms with Gasteiger partial charge >= 0.3 is 5.97 Å². The fourth-order valence-corrected chi connectivity index (χ4v) is 4.66. The van der Waals surface area contributed by atoms with Crippen LogP contribution in [0.25, 0.3) is 11.8 Å². The van der Waals surface area contributed by atoms with Crippen LogP contribution in [0.15, 0.2) is 77.5 Å². The van der Waals surface area contributed by atoms with Crippen molar-refractivity contribution in [2.45, 2.75) is 34.1 Å². The number of aromatic nitrogens is 1. The highest BCUT2D eigenvalue weighted by Crippen LogP contribution is 2.33. The van der Waals surface area contributed by atoms with Crippen LogP contribution in [0.1, 0.15) is 35.0 Å². The predicted molar refractivity (Wildman–Crippen MR) is 135 cm³/mol. The Morgan fingerprint density at radius 3 is 2.32 bits per heavy atom. The number of hydrogen-bond acceptors (Lipinski definition) is 3. The van der Waals surface area contributed by atoms with E-state index in [9.17, 15) is 9.59 Å². The average molecular weight is 455 g/mol. The lowest BCUT2D eigenvalue weighted by Crippen LogP contribution is -2.27. The molecule has 0 atom stereocenters. The molecule has 0 saturated heterocycles. The summed E-state index contributed by atoms with van der Waals surface area (Å²) in [5.74, 6) is -0.665. The molecule has 1 aliphatic heterocycles. The summed E-state index contributed by atoms with van der Waals surface area (Å²) >= 11 is 0. The number of esters is 1. The molecule has 0 N–H and O–H groups in total. The Labute approximate surface area is 201 Å². The fraction of sp³-hybridized carbons (Fsp3) is 0.241. The molecular weight excluding hydrogens is 424 g/mol. The van der Waals surface area contributed by atoms with Crippen molar-refractivity contribution in [2.75, 3.05) is 13.7 Å². The van der Waals surface area contributed by atoms with E-state index in [1.54, 1.807) is 4.90 Å². The van der Waals surface area contributed by atoms with E-state index in [2.05, 4.69) is 29.7 Å². The quantitative estimate of drug-likeness (QED) is 0.374. The maximum absolute atomic E-state index is 13.5. The third-order valence-electron chi connectivity index (χ3n) is 6.49. The van der Waals surface area contributed by atoms with Crippen molar-refractivity contribution in [2.24, 2.45) is 0 Å². The summed E-state index contributed by atoms with van der Waals surface area (Å²) in [5.41, 5.74) is 7.73. The van der Waals surface area contributed by atoms with Crippen LogP contribution in [0.3, 0.4) is 0 Å². The highest BCUT2D eigenvalue weighted by molar-refractivity contribution is 6.16. The van der Waals surface area contributed by atoms with E-state index in [0.717, 1.165) is 28.2 Å². The molecule has 0 bridgehead atoms. The number of carbonyl (C=O) groups excluding carboxylic acids is 2. The zero-order chi connectivity index (χ0) is 24.4. The average Bonchev–Trinajstić information content (AvgIpc) is 3.24. The minimum Gasteiger partial charge on any atom is -0.465 e. The molecule has 5 heteroatoms. The minimum absolute atomic E-state index is 0.172. The first-order valence-electron chi connectivity index (χ1n) is 11.5. The van der Waals surface area contributed by atoms with Gasteiger partial charge in [0.1, 0.15) is 0 Å².